The fourth-order valence-corrected chi connectivity index (χ4v) is 5.43. The average Bonchev–Trinajstić information content (AvgIpc) is 3.66. The fraction of sp³-hybridized carbons (Fsp3) is 0. The van der Waals surface area contributed by atoms with E-state index in [2.05, 4.69) is 47.2 Å². The highest BCUT2D eigenvalue weighted by Crippen LogP contribution is 2.41. The normalized spacial score (nSPS) is 11.1. The van der Waals surface area contributed by atoms with Crippen molar-refractivity contribution >= 4 is 23.2 Å². The molecule has 42 heavy (non-hydrogen) atoms. The van der Waals surface area contributed by atoms with E-state index in [1.165, 1.54) is 0 Å². The zero-order valence-corrected chi connectivity index (χ0v) is 23.9. The molecule has 0 aliphatic rings. The quantitative estimate of drug-likeness (QED) is 0.195. The first-order valence-electron chi connectivity index (χ1n) is 13.6. The third kappa shape index (κ3) is 4.92. The molecule has 6 heteroatoms. The summed E-state index contributed by atoms with van der Waals surface area (Å²) in [7, 11) is 0. The molecule has 2 heterocycles. The van der Waals surface area contributed by atoms with Crippen LogP contribution in [0.4, 0.5) is 0 Å². The summed E-state index contributed by atoms with van der Waals surface area (Å²) in [5.41, 5.74) is 8.45. The van der Waals surface area contributed by atoms with Crippen molar-refractivity contribution in [2.45, 2.75) is 0 Å². The summed E-state index contributed by atoms with van der Waals surface area (Å²) in [6.45, 7) is 0. The summed E-state index contributed by atoms with van der Waals surface area (Å²) in [4.78, 5) is 5.39. The molecule has 4 nitrogen and oxygen atoms in total. The molecule has 0 spiro atoms. The standard InChI is InChI=1S/C36H24Cl2N4/c37-28-18-16-26(17-19-28)33-32(24-41(40-33)30-14-8-3-9-15-30)36-39-34(25-10-4-1-5-11-25)35(27-12-6-2-7-13-27)42(36)31-22-20-29(38)21-23-31/h1-24H. The number of hydrogen-bond acceptors (Lipinski definition) is 2. The van der Waals surface area contributed by atoms with Crippen LogP contribution in [0.1, 0.15) is 0 Å². The Hall–Kier alpha value is -4.90. The van der Waals surface area contributed by atoms with Gasteiger partial charge in [-0.05, 0) is 48.5 Å². The first-order chi connectivity index (χ1) is 20.7. The summed E-state index contributed by atoms with van der Waals surface area (Å²) in [6.07, 6.45) is 2.05. The maximum absolute atomic E-state index is 6.35. The van der Waals surface area contributed by atoms with Crippen molar-refractivity contribution in [1.29, 1.82) is 0 Å². The minimum atomic E-state index is 0.670. The molecule has 0 atom stereocenters. The minimum Gasteiger partial charge on any atom is -0.292 e. The van der Waals surface area contributed by atoms with Crippen LogP contribution < -0.4 is 0 Å². The van der Waals surface area contributed by atoms with E-state index in [0.29, 0.717) is 10.0 Å². The van der Waals surface area contributed by atoms with Crippen LogP contribution in [0.15, 0.2) is 146 Å². The molecule has 0 radical (unpaired) electrons. The molecule has 5 aromatic carbocycles. The maximum Gasteiger partial charge on any atom is 0.149 e. The molecule has 202 valence electrons. The van der Waals surface area contributed by atoms with E-state index in [0.717, 1.165) is 56.5 Å². The van der Waals surface area contributed by atoms with Crippen molar-refractivity contribution in [2.24, 2.45) is 0 Å². The van der Waals surface area contributed by atoms with Crippen molar-refractivity contribution in [3.05, 3.63) is 156 Å². The molecule has 7 aromatic rings. The smallest absolute Gasteiger partial charge is 0.149 e. The van der Waals surface area contributed by atoms with Crippen molar-refractivity contribution in [1.82, 2.24) is 19.3 Å². The molecule has 0 unspecified atom stereocenters. The summed E-state index contributed by atoms with van der Waals surface area (Å²) < 4.78 is 4.12. The Kier molecular flexibility index (Phi) is 6.92. The highest BCUT2D eigenvalue weighted by molar-refractivity contribution is 6.30. The molecule has 0 saturated heterocycles. The second kappa shape index (κ2) is 11.2. The predicted octanol–water partition coefficient (Wildman–Crippen LogP) is 10.0. The van der Waals surface area contributed by atoms with E-state index in [-0.39, 0.29) is 0 Å². The Morgan fingerprint density at radius 2 is 1.00 bits per heavy atom. The molecule has 7 rings (SSSR count). The summed E-state index contributed by atoms with van der Waals surface area (Å²) >= 11 is 12.6. The number of rotatable bonds is 6. The fourth-order valence-electron chi connectivity index (χ4n) is 5.17. The monoisotopic (exact) mass is 582 g/mol. The van der Waals surface area contributed by atoms with Gasteiger partial charge >= 0.3 is 0 Å². The van der Waals surface area contributed by atoms with Gasteiger partial charge in [-0.2, -0.15) is 5.10 Å². The topological polar surface area (TPSA) is 35.6 Å². The highest BCUT2D eigenvalue weighted by atomic mass is 35.5. The largest absolute Gasteiger partial charge is 0.292 e. The van der Waals surface area contributed by atoms with Crippen LogP contribution in [0.2, 0.25) is 10.0 Å². The molecule has 0 aliphatic heterocycles. The molecule has 0 amide bonds. The van der Waals surface area contributed by atoms with Gasteiger partial charge in [0.25, 0.3) is 0 Å². The van der Waals surface area contributed by atoms with Gasteiger partial charge in [-0.15, -0.1) is 0 Å². The number of benzene rings is 5. The van der Waals surface area contributed by atoms with Crippen LogP contribution >= 0.6 is 23.2 Å². The van der Waals surface area contributed by atoms with Crippen molar-refractivity contribution in [3.63, 3.8) is 0 Å². The van der Waals surface area contributed by atoms with Gasteiger partial charge in [0.05, 0.1) is 22.6 Å². The van der Waals surface area contributed by atoms with Gasteiger partial charge in [0.1, 0.15) is 11.5 Å². The summed E-state index contributed by atoms with van der Waals surface area (Å²) in [6, 6.07) is 46.4. The zero-order chi connectivity index (χ0) is 28.5. The van der Waals surface area contributed by atoms with Gasteiger partial charge in [-0.25, -0.2) is 9.67 Å². The average molecular weight is 584 g/mol. The van der Waals surface area contributed by atoms with E-state index in [1.54, 1.807) is 0 Å². The van der Waals surface area contributed by atoms with E-state index in [1.807, 2.05) is 108 Å². The Labute approximate surface area is 254 Å². The second-order valence-corrected chi connectivity index (χ2v) is 10.7. The van der Waals surface area contributed by atoms with E-state index in [9.17, 15) is 0 Å². The maximum atomic E-state index is 6.35. The van der Waals surface area contributed by atoms with Gasteiger partial charge in [-0.3, -0.25) is 4.57 Å². The summed E-state index contributed by atoms with van der Waals surface area (Å²) in [5.74, 6) is 0.766. The number of hydrogen-bond donors (Lipinski definition) is 0. The molecular weight excluding hydrogens is 559 g/mol. The third-order valence-electron chi connectivity index (χ3n) is 7.15. The van der Waals surface area contributed by atoms with Crippen molar-refractivity contribution in [2.75, 3.05) is 0 Å². The summed E-state index contributed by atoms with van der Waals surface area (Å²) in [5, 5.41) is 6.43. The van der Waals surface area contributed by atoms with Gasteiger partial charge in [-0.1, -0.05) is 114 Å². The number of aromatic nitrogens is 4. The van der Waals surface area contributed by atoms with Crippen molar-refractivity contribution < 1.29 is 0 Å². The van der Waals surface area contributed by atoms with Gasteiger partial charge in [0.15, 0.2) is 0 Å². The molecule has 0 bridgehead atoms. The number of imidazole rings is 1. The lowest BCUT2D eigenvalue weighted by molar-refractivity contribution is 0.884. The van der Waals surface area contributed by atoms with E-state index >= 15 is 0 Å². The van der Waals surface area contributed by atoms with Crippen LogP contribution in [0.25, 0.3) is 56.5 Å². The zero-order valence-electron chi connectivity index (χ0n) is 22.4. The minimum absolute atomic E-state index is 0.670. The Balaban J connectivity index is 1.58. The Morgan fingerprint density at radius 3 is 1.62 bits per heavy atom. The molecule has 2 aromatic heterocycles. The first kappa shape index (κ1) is 26.0. The van der Waals surface area contributed by atoms with Gasteiger partial charge < -0.3 is 0 Å². The van der Waals surface area contributed by atoms with Crippen LogP contribution in [0.3, 0.4) is 0 Å². The lowest BCUT2D eigenvalue weighted by Crippen LogP contribution is -2.00. The van der Waals surface area contributed by atoms with Crippen LogP contribution in [-0.4, -0.2) is 19.3 Å². The SMILES string of the molecule is Clc1ccc(-c2nn(-c3ccccc3)cc2-c2nc(-c3ccccc3)c(-c3ccccc3)n2-c2ccc(Cl)cc2)cc1. The molecule has 0 aliphatic carbocycles. The Bertz CT molecular complexity index is 1960. The van der Waals surface area contributed by atoms with E-state index in [4.69, 9.17) is 33.3 Å². The highest BCUT2D eigenvalue weighted by Gasteiger charge is 2.26. The number of halogens is 2. The predicted molar refractivity (Wildman–Crippen MR) is 172 cm³/mol. The van der Waals surface area contributed by atoms with Gasteiger partial charge in [0.2, 0.25) is 0 Å². The number of nitrogens with zero attached hydrogens (tertiary/aromatic N) is 4. The van der Waals surface area contributed by atoms with Crippen LogP contribution in [0.5, 0.6) is 0 Å². The molecule has 0 saturated carbocycles. The van der Waals surface area contributed by atoms with E-state index < -0.39 is 0 Å². The lowest BCUT2D eigenvalue weighted by atomic mass is 10.0. The number of para-hydroxylation sites is 1. The molecule has 0 fully saturated rings. The molecule has 0 N–H and O–H groups in total. The van der Waals surface area contributed by atoms with Crippen LogP contribution in [0, 0.1) is 0 Å². The second-order valence-electron chi connectivity index (χ2n) is 9.85. The molecular formula is C36H24Cl2N4. The first-order valence-corrected chi connectivity index (χ1v) is 14.3. The third-order valence-corrected chi connectivity index (χ3v) is 7.65. The van der Waals surface area contributed by atoms with Crippen LogP contribution in [-0.2, 0) is 0 Å². The van der Waals surface area contributed by atoms with Gasteiger partial charge in [0, 0.05) is 38.6 Å². The van der Waals surface area contributed by atoms with Crippen molar-refractivity contribution in [3.8, 4) is 56.5 Å². The lowest BCUT2D eigenvalue weighted by Gasteiger charge is -2.14. The Morgan fingerprint density at radius 1 is 0.476 bits per heavy atom.